The molecule has 1 aliphatic rings. The zero-order valence-corrected chi connectivity index (χ0v) is 12.8. The molecule has 0 aromatic heterocycles. The molecule has 0 saturated heterocycles. The van der Waals surface area contributed by atoms with Crippen molar-refractivity contribution in [2.75, 3.05) is 0 Å². The highest BCUT2D eigenvalue weighted by Gasteiger charge is 2.22. The van der Waals surface area contributed by atoms with E-state index < -0.39 is 8.07 Å². The summed E-state index contributed by atoms with van der Waals surface area (Å²) in [5, 5.41) is 0. The van der Waals surface area contributed by atoms with Gasteiger partial charge in [-0.25, -0.2) is 0 Å². The molecule has 1 aliphatic carbocycles. The van der Waals surface area contributed by atoms with Crippen LogP contribution in [0.15, 0.2) is 23.3 Å². The Morgan fingerprint density at radius 3 is 2.24 bits per heavy atom. The van der Waals surface area contributed by atoms with Gasteiger partial charge in [0.1, 0.15) is 0 Å². The van der Waals surface area contributed by atoms with Crippen molar-refractivity contribution in [3.05, 3.63) is 23.3 Å². The zero-order chi connectivity index (χ0) is 12.9. The second-order valence-corrected chi connectivity index (χ2v) is 11.7. The maximum Gasteiger partial charge on any atom is 0.181 e. The Kier molecular flexibility index (Phi) is 5.38. The van der Waals surface area contributed by atoms with E-state index in [-0.39, 0.29) is 5.78 Å². The third kappa shape index (κ3) is 5.03. The van der Waals surface area contributed by atoms with E-state index in [4.69, 9.17) is 0 Å². The van der Waals surface area contributed by atoms with Gasteiger partial charge in [0.15, 0.2) is 5.78 Å². The molecule has 0 radical (unpaired) electrons. The molecule has 1 fully saturated rings. The quantitative estimate of drug-likeness (QED) is 0.521. The Morgan fingerprint density at radius 2 is 1.76 bits per heavy atom. The fraction of sp³-hybridized carbons (Fsp3) is 0.667. The summed E-state index contributed by atoms with van der Waals surface area (Å²) < 4.78 is 0. The van der Waals surface area contributed by atoms with Crippen molar-refractivity contribution in [2.45, 2.75) is 64.7 Å². The molecule has 96 valence electrons. The summed E-state index contributed by atoms with van der Waals surface area (Å²) in [7, 11) is -1.21. The smallest absolute Gasteiger partial charge is 0.181 e. The molecule has 17 heavy (non-hydrogen) atoms. The van der Waals surface area contributed by atoms with Crippen LogP contribution in [0.25, 0.3) is 0 Å². The van der Waals surface area contributed by atoms with Crippen LogP contribution in [-0.4, -0.2) is 13.9 Å². The number of ketones is 1. The highest BCUT2D eigenvalue weighted by Crippen LogP contribution is 2.30. The van der Waals surface area contributed by atoms with Crippen LogP contribution in [0, 0.1) is 0 Å². The Morgan fingerprint density at radius 1 is 1.18 bits per heavy atom. The minimum Gasteiger partial charge on any atom is -0.290 e. The Labute approximate surface area is 107 Å². The summed E-state index contributed by atoms with van der Waals surface area (Å²) in [6.45, 7) is 8.97. The molecule has 0 bridgehead atoms. The van der Waals surface area contributed by atoms with Crippen molar-refractivity contribution >= 4 is 13.9 Å². The van der Waals surface area contributed by atoms with Gasteiger partial charge in [-0.2, -0.15) is 0 Å². The van der Waals surface area contributed by atoms with E-state index in [2.05, 4.69) is 19.6 Å². The fourth-order valence-corrected chi connectivity index (χ4v) is 3.93. The number of hydrogen-bond acceptors (Lipinski definition) is 1. The molecule has 2 heteroatoms. The van der Waals surface area contributed by atoms with Gasteiger partial charge < -0.3 is 0 Å². The number of hydrogen-bond donors (Lipinski definition) is 0. The topological polar surface area (TPSA) is 17.1 Å². The highest BCUT2D eigenvalue weighted by molar-refractivity contribution is 6.77. The van der Waals surface area contributed by atoms with Gasteiger partial charge in [-0.3, -0.25) is 4.79 Å². The van der Waals surface area contributed by atoms with E-state index in [0.717, 1.165) is 24.5 Å². The van der Waals surface area contributed by atoms with Crippen LogP contribution in [-0.2, 0) is 4.79 Å². The fourth-order valence-electron chi connectivity index (χ4n) is 2.45. The van der Waals surface area contributed by atoms with Gasteiger partial charge in [0.05, 0.1) is 0 Å². The first-order valence-electron chi connectivity index (χ1n) is 6.82. The molecule has 0 atom stereocenters. The van der Waals surface area contributed by atoms with Crippen LogP contribution < -0.4 is 0 Å². The summed E-state index contributed by atoms with van der Waals surface area (Å²) in [6.07, 6.45) is 9.81. The van der Waals surface area contributed by atoms with Gasteiger partial charge in [-0.15, -0.1) is 0 Å². The molecule has 0 amide bonds. The van der Waals surface area contributed by atoms with Crippen molar-refractivity contribution in [3.63, 3.8) is 0 Å². The maximum atomic E-state index is 12.2. The van der Waals surface area contributed by atoms with Gasteiger partial charge in [-0.1, -0.05) is 37.7 Å². The standard InChI is InChI=1S/C15H26OSi/c1-5-9-15(16)14(12-17(2,3)4)13-10-7-6-8-11-13/h5,9H,6-8,10-12H2,1-4H3/b9-5+. The van der Waals surface area contributed by atoms with E-state index in [1.165, 1.54) is 24.8 Å². The molecule has 1 saturated carbocycles. The number of allylic oxidation sites excluding steroid dienone is 4. The third-order valence-corrected chi connectivity index (χ3v) is 4.62. The largest absolute Gasteiger partial charge is 0.290 e. The number of carbonyl (C=O) groups is 1. The van der Waals surface area contributed by atoms with E-state index in [1.807, 2.05) is 13.0 Å². The van der Waals surface area contributed by atoms with Gasteiger partial charge in [0.2, 0.25) is 0 Å². The Bertz CT molecular complexity index is 323. The molecule has 0 N–H and O–H groups in total. The van der Waals surface area contributed by atoms with E-state index >= 15 is 0 Å². The van der Waals surface area contributed by atoms with Crippen molar-refractivity contribution in [1.29, 1.82) is 0 Å². The molecule has 1 rings (SSSR count). The summed E-state index contributed by atoms with van der Waals surface area (Å²) >= 11 is 0. The van der Waals surface area contributed by atoms with Crippen molar-refractivity contribution in [3.8, 4) is 0 Å². The van der Waals surface area contributed by atoms with Crippen molar-refractivity contribution in [2.24, 2.45) is 0 Å². The first-order valence-corrected chi connectivity index (χ1v) is 10.5. The average molecular weight is 250 g/mol. The highest BCUT2D eigenvalue weighted by atomic mass is 28.3. The third-order valence-electron chi connectivity index (χ3n) is 3.21. The first-order chi connectivity index (χ1) is 7.94. The van der Waals surface area contributed by atoms with Crippen LogP contribution >= 0.6 is 0 Å². The molecule has 0 heterocycles. The summed E-state index contributed by atoms with van der Waals surface area (Å²) in [6, 6.07) is 1.05. The predicted molar refractivity (Wildman–Crippen MR) is 78.1 cm³/mol. The lowest BCUT2D eigenvalue weighted by molar-refractivity contribution is -0.111. The van der Waals surface area contributed by atoms with E-state index in [9.17, 15) is 4.79 Å². The molecule has 0 unspecified atom stereocenters. The second kappa shape index (κ2) is 6.34. The molecule has 0 aliphatic heterocycles. The Balaban J connectivity index is 2.96. The molecular formula is C15H26OSi. The molecular weight excluding hydrogens is 224 g/mol. The SMILES string of the molecule is C/C=C/C(=O)C(C[Si](C)(C)C)=C1CCCCC1. The molecule has 0 aromatic rings. The maximum absolute atomic E-state index is 12.2. The van der Waals surface area contributed by atoms with Crippen LogP contribution in [0.3, 0.4) is 0 Å². The lowest BCUT2D eigenvalue weighted by Gasteiger charge is -2.23. The van der Waals surface area contributed by atoms with E-state index in [0.29, 0.717) is 0 Å². The normalized spacial score (nSPS) is 17.5. The predicted octanol–water partition coefficient (Wildman–Crippen LogP) is 4.73. The first kappa shape index (κ1) is 14.4. The lowest BCUT2D eigenvalue weighted by Crippen LogP contribution is -2.23. The van der Waals surface area contributed by atoms with Gasteiger partial charge in [-0.05, 0) is 50.3 Å². The van der Waals surface area contributed by atoms with E-state index in [1.54, 1.807) is 6.08 Å². The second-order valence-electron chi connectivity index (χ2n) is 6.24. The van der Waals surface area contributed by atoms with Crippen molar-refractivity contribution < 1.29 is 4.79 Å². The summed E-state index contributed by atoms with van der Waals surface area (Å²) in [5.41, 5.74) is 2.61. The molecule has 0 aromatic carbocycles. The van der Waals surface area contributed by atoms with Gasteiger partial charge in [0, 0.05) is 8.07 Å². The number of carbonyl (C=O) groups excluding carboxylic acids is 1. The van der Waals surface area contributed by atoms with Gasteiger partial charge in [0.25, 0.3) is 0 Å². The monoisotopic (exact) mass is 250 g/mol. The summed E-state index contributed by atoms with van der Waals surface area (Å²) in [5.74, 6) is 0.270. The Hall–Kier alpha value is -0.633. The lowest BCUT2D eigenvalue weighted by atomic mass is 9.90. The van der Waals surface area contributed by atoms with Crippen LogP contribution in [0.1, 0.15) is 39.0 Å². The average Bonchev–Trinajstić information content (AvgIpc) is 2.26. The summed E-state index contributed by atoms with van der Waals surface area (Å²) in [4.78, 5) is 12.2. The zero-order valence-electron chi connectivity index (χ0n) is 11.8. The van der Waals surface area contributed by atoms with Crippen molar-refractivity contribution in [1.82, 2.24) is 0 Å². The molecule has 0 spiro atoms. The van der Waals surface area contributed by atoms with Crippen LogP contribution in [0.2, 0.25) is 25.7 Å². The molecule has 1 nitrogen and oxygen atoms in total. The van der Waals surface area contributed by atoms with Gasteiger partial charge >= 0.3 is 0 Å². The van der Waals surface area contributed by atoms with Crippen LogP contribution in [0.5, 0.6) is 0 Å². The minimum atomic E-state index is -1.21. The van der Waals surface area contributed by atoms with Crippen LogP contribution in [0.4, 0.5) is 0 Å². The number of rotatable bonds is 4. The minimum absolute atomic E-state index is 0.270.